The van der Waals surface area contributed by atoms with Gasteiger partial charge in [-0.05, 0) is 41.3 Å². The first-order chi connectivity index (χ1) is 14.0. The number of benzene rings is 2. The standard InChI is InChI=1S/C21H16FN3O2S2/c1-25-20(27)18-16(11-12-28-18)24-21(25)29-17(13-5-3-2-4-6-13)19(26)23-15-9-7-14(22)8-10-15/h2-12,17H,1H3,(H,23,26). The van der Waals surface area contributed by atoms with Gasteiger partial charge in [0, 0.05) is 12.7 Å². The summed E-state index contributed by atoms with van der Waals surface area (Å²) in [6.45, 7) is 0. The van der Waals surface area contributed by atoms with Gasteiger partial charge in [0.15, 0.2) is 5.16 Å². The number of thioether (sulfide) groups is 1. The number of rotatable bonds is 5. The normalized spacial score (nSPS) is 12.1. The fourth-order valence-corrected chi connectivity index (χ4v) is 4.69. The minimum atomic E-state index is -0.643. The molecule has 0 saturated heterocycles. The molecule has 29 heavy (non-hydrogen) atoms. The van der Waals surface area contributed by atoms with Gasteiger partial charge in [-0.25, -0.2) is 9.37 Å². The van der Waals surface area contributed by atoms with Crippen molar-refractivity contribution in [2.75, 3.05) is 5.32 Å². The summed E-state index contributed by atoms with van der Waals surface area (Å²) < 4.78 is 15.2. The van der Waals surface area contributed by atoms with Gasteiger partial charge in [-0.15, -0.1) is 11.3 Å². The van der Waals surface area contributed by atoms with Crippen LogP contribution in [0.5, 0.6) is 0 Å². The molecule has 0 spiro atoms. The number of halogens is 1. The highest BCUT2D eigenvalue weighted by atomic mass is 32.2. The van der Waals surface area contributed by atoms with Crippen molar-refractivity contribution in [1.29, 1.82) is 0 Å². The van der Waals surface area contributed by atoms with E-state index in [-0.39, 0.29) is 17.3 Å². The monoisotopic (exact) mass is 425 g/mol. The molecule has 0 fully saturated rings. The molecule has 2 aromatic carbocycles. The van der Waals surface area contributed by atoms with Crippen molar-refractivity contribution < 1.29 is 9.18 Å². The highest BCUT2D eigenvalue weighted by molar-refractivity contribution is 8.00. The van der Waals surface area contributed by atoms with Crippen molar-refractivity contribution in [3.63, 3.8) is 0 Å². The summed E-state index contributed by atoms with van der Waals surface area (Å²) in [5.74, 6) is -0.660. The molecule has 1 amide bonds. The van der Waals surface area contributed by atoms with Crippen LogP contribution in [0.3, 0.4) is 0 Å². The lowest BCUT2D eigenvalue weighted by molar-refractivity contribution is -0.115. The SMILES string of the molecule is Cn1c(SC(C(=O)Nc2ccc(F)cc2)c2ccccc2)nc2ccsc2c1=O. The number of anilines is 1. The zero-order valence-electron chi connectivity index (χ0n) is 15.3. The Morgan fingerprint density at radius 1 is 1.14 bits per heavy atom. The van der Waals surface area contributed by atoms with Crippen LogP contribution < -0.4 is 10.9 Å². The highest BCUT2D eigenvalue weighted by Crippen LogP contribution is 2.35. The van der Waals surface area contributed by atoms with E-state index >= 15 is 0 Å². The van der Waals surface area contributed by atoms with E-state index in [0.29, 0.717) is 21.1 Å². The Morgan fingerprint density at radius 2 is 1.86 bits per heavy atom. The van der Waals surface area contributed by atoms with Gasteiger partial charge in [0.25, 0.3) is 5.56 Å². The largest absolute Gasteiger partial charge is 0.325 e. The Hall–Kier alpha value is -2.97. The Kier molecular flexibility index (Phi) is 5.46. The van der Waals surface area contributed by atoms with Gasteiger partial charge in [-0.2, -0.15) is 0 Å². The lowest BCUT2D eigenvalue weighted by atomic mass is 10.1. The van der Waals surface area contributed by atoms with Gasteiger partial charge in [0.2, 0.25) is 5.91 Å². The van der Waals surface area contributed by atoms with E-state index in [1.807, 2.05) is 35.7 Å². The zero-order chi connectivity index (χ0) is 20.4. The summed E-state index contributed by atoms with van der Waals surface area (Å²) in [6, 6.07) is 16.6. The van der Waals surface area contributed by atoms with Crippen molar-refractivity contribution in [3.05, 3.63) is 87.8 Å². The van der Waals surface area contributed by atoms with Crippen LogP contribution in [0.15, 0.2) is 76.0 Å². The third-order valence-corrected chi connectivity index (χ3v) is 6.51. The summed E-state index contributed by atoms with van der Waals surface area (Å²) in [7, 11) is 1.65. The van der Waals surface area contributed by atoms with E-state index in [0.717, 1.165) is 5.56 Å². The van der Waals surface area contributed by atoms with Crippen LogP contribution in [0.2, 0.25) is 0 Å². The maximum Gasteiger partial charge on any atom is 0.271 e. The molecular formula is C21H16FN3O2S2. The lowest BCUT2D eigenvalue weighted by Crippen LogP contribution is -2.23. The van der Waals surface area contributed by atoms with Gasteiger partial charge in [0.1, 0.15) is 15.8 Å². The number of hydrogen-bond acceptors (Lipinski definition) is 5. The molecule has 0 radical (unpaired) electrons. The molecule has 1 N–H and O–H groups in total. The number of amides is 1. The fraction of sp³-hybridized carbons (Fsp3) is 0.0952. The molecule has 1 atom stereocenters. The molecule has 0 aliphatic rings. The average Bonchev–Trinajstić information content (AvgIpc) is 3.20. The predicted molar refractivity (Wildman–Crippen MR) is 115 cm³/mol. The molecule has 4 rings (SSSR count). The molecule has 5 nitrogen and oxygen atoms in total. The topological polar surface area (TPSA) is 64.0 Å². The summed E-state index contributed by atoms with van der Waals surface area (Å²) in [6.07, 6.45) is 0. The summed E-state index contributed by atoms with van der Waals surface area (Å²) >= 11 is 2.55. The van der Waals surface area contributed by atoms with Gasteiger partial charge in [0.05, 0.1) is 5.52 Å². The van der Waals surface area contributed by atoms with Crippen molar-refractivity contribution in [3.8, 4) is 0 Å². The number of hydrogen-bond donors (Lipinski definition) is 1. The van der Waals surface area contributed by atoms with E-state index in [4.69, 9.17) is 0 Å². The Morgan fingerprint density at radius 3 is 2.59 bits per heavy atom. The van der Waals surface area contributed by atoms with Gasteiger partial charge in [-0.1, -0.05) is 42.1 Å². The minimum absolute atomic E-state index is 0.141. The second-order valence-corrected chi connectivity index (χ2v) is 8.29. The third-order valence-electron chi connectivity index (χ3n) is 4.32. The van der Waals surface area contributed by atoms with E-state index in [2.05, 4.69) is 10.3 Å². The summed E-state index contributed by atoms with van der Waals surface area (Å²) in [5.41, 5.74) is 1.74. The lowest BCUT2D eigenvalue weighted by Gasteiger charge is -2.18. The highest BCUT2D eigenvalue weighted by Gasteiger charge is 2.25. The zero-order valence-corrected chi connectivity index (χ0v) is 17.0. The second-order valence-electron chi connectivity index (χ2n) is 6.30. The van der Waals surface area contributed by atoms with Crippen molar-refractivity contribution in [2.45, 2.75) is 10.4 Å². The number of nitrogens with zero attached hydrogens (tertiary/aromatic N) is 2. The molecular weight excluding hydrogens is 409 g/mol. The quantitative estimate of drug-likeness (QED) is 0.375. The first kappa shape index (κ1) is 19.4. The second kappa shape index (κ2) is 8.18. The Labute approximate surface area is 174 Å². The molecule has 2 heterocycles. The average molecular weight is 426 g/mol. The molecule has 0 bridgehead atoms. The summed E-state index contributed by atoms with van der Waals surface area (Å²) in [4.78, 5) is 30.2. The predicted octanol–water partition coefficient (Wildman–Crippen LogP) is 4.61. The van der Waals surface area contributed by atoms with Crippen molar-refractivity contribution in [2.24, 2.45) is 7.05 Å². The molecule has 2 aromatic heterocycles. The Bertz CT molecular complexity index is 1220. The maximum atomic E-state index is 13.2. The van der Waals surface area contributed by atoms with Crippen LogP contribution in [-0.2, 0) is 11.8 Å². The van der Waals surface area contributed by atoms with E-state index < -0.39 is 5.25 Å². The van der Waals surface area contributed by atoms with E-state index in [9.17, 15) is 14.0 Å². The number of fused-ring (bicyclic) bond motifs is 1. The molecule has 1 unspecified atom stereocenters. The van der Waals surface area contributed by atoms with Crippen LogP contribution in [0.1, 0.15) is 10.8 Å². The fourth-order valence-electron chi connectivity index (χ4n) is 2.82. The van der Waals surface area contributed by atoms with Gasteiger partial charge >= 0.3 is 0 Å². The van der Waals surface area contributed by atoms with Crippen LogP contribution >= 0.6 is 23.1 Å². The molecule has 0 aliphatic heterocycles. The number of carbonyl (C=O) groups is 1. The van der Waals surface area contributed by atoms with Crippen molar-refractivity contribution >= 4 is 44.9 Å². The number of nitrogens with one attached hydrogen (secondary N) is 1. The molecule has 4 aromatic rings. The molecule has 0 saturated carbocycles. The maximum absolute atomic E-state index is 13.2. The van der Waals surface area contributed by atoms with Crippen LogP contribution in [0, 0.1) is 5.82 Å². The number of aromatic nitrogens is 2. The molecule has 8 heteroatoms. The molecule has 146 valence electrons. The van der Waals surface area contributed by atoms with Crippen LogP contribution in [0.25, 0.3) is 10.2 Å². The minimum Gasteiger partial charge on any atom is -0.325 e. The van der Waals surface area contributed by atoms with E-state index in [1.54, 1.807) is 13.1 Å². The smallest absolute Gasteiger partial charge is 0.271 e. The number of carbonyl (C=O) groups excluding carboxylic acids is 1. The van der Waals surface area contributed by atoms with E-state index in [1.165, 1.54) is 51.9 Å². The first-order valence-corrected chi connectivity index (χ1v) is 10.5. The van der Waals surface area contributed by atoms with Crippen LogP contribution in [-0.4, -0.2) is 15.5 Å². The van der Waals surface area contributed by atoms with Gasteiger partial charge < -0.3 is 5.32 Å². The first-order valence-electron chi connectivity index (χ1n) is 8.75. The van der Waals surface area contributed by atoms with Gasteiger partial charge in [-0.3, -0.25) is 14.2 Å². The summed E-state index contributed by atoms with van der Waals surface area (Å²) in [5, 5.41) is 4.44. The van der Waals surface area contributed by atoms with Crippen molar-refractivity contribution in [1.82, 2.24) is 9.55 Å². The molecule has 0 aliphatic carbocycles. The van der Waals surface area contributed by atoms with Crippen LogP contribution in [0.4, 0.5) is 10.1 Å². The third kappa shape index (κ3) is 4.08. The Balaban J connectivity index is 1.70. The number of thiophene rings is 1.